The molecule has 3 atom stereocenters. The summed E-state index contributed by atoms with van der Waals surface area (Å²) in [7, 11) is 0. The van der Waals surface area contributed by atoms with Crippen LogP contribution < -0.4 is 5.32 Å². The second-order valence-electron chi connectivity index (χ2n) is 8.63. The minimum absolute atomic E-state index is 0.190. The Bertz CT molecular complexity index is 834. The molecule has 3 aliphatic rings. The summed E-state index contributed by atoms with van der Waals surface area (Å²) in [4.78, 5) is 7.48. The minimum Gasteiger partial charge on any atom is -0.362 e. The van der Waals surface area contributed by atoms with Gasteiger partial charge < -0.3 is 5.32 Å². The quantitative estimate of drug-likeness (QED) is 0.769. The lowest BCUT2D eigenvalue weighted by atomic mass is 9.52. The molecule has 0 amide bonds. The Morgan fingerprint density at radius 1 is 1.33 bits per heavy atom. The fourth-order valence-electron chi connectivity index (χ4n) is 6.28. The molecule has 2 bridgehead atoms. The summed E-state index contributed by atoms with van der Waals surface area (Å²) in [5, 5.41) is 4.42. The van der Waals surface area contributed by atoms with E-state index in [2.05, 4.69) is 29.3 Å². The number of likely N-dealkylation sites (tertiary alicyclic amines) is 1. The van der Waals surface area contributed by atoms with Crippen LogP contribution in [0.3, 0.4) is 0 Å². The maximum atomic E-state index is 12.8. The van der Waals surface area contributed by atoms with E-state index in [9.17, 15) is 4.39 Å². The van der Waals surface area contributed by atoms with Gasteiger partial charge in [-0.25, -0.2) is 4.98 Å². The van der Waals surface area contributed by atoms with Crippen LogP contribution in [0.4, 0.5) is 9.52 Å². The average molecular weight is 388 g/mol. The highest BCUT2D eigenvalue weighted by molar-refractivity contribution is 7.22. The van der Waals surface area contributed by atoms with Crippen molar-refractivity contribution >= 4 is 26.7 Å². The Hall–Kier alpha value is -1.20. The molecule has 1 N–H and O–H groups in total. The van der Waals surface area contributed by atoms with Crippen molar-refractivity contribution in [3.05, 3.63) is 23.3 Å². The highest BCUT2D eigenvalue weighted by atomic mass is 32.1. The van der Waals surface area contributed by atoms with Gasteiger partial charge in [-0.3, -0.25) is 9.29 Å². The number of nitrogens with zero attached hydrogens (tertiary/aromatic N) is 2. The van der Waals surface area contributed by atoms with Gasteiger partial charge in [0.25, 0.3) is 0 Å². The van der Waals surface area contributed by atoms with Crippen LogP contribution in [0.2, 0.25) is 0 Å². The first kappa shape index (κ1) is 17.9. The van der Waals surface area contributed by atoms with Crippen molar-refractivity contribution in [3.63, 3.8) is 0 Å². The number of aromatic nitrogens is 1. The van der Waals surface area contributed by atoms with Crippen molar-refractivity contribution in [1.82, 2.24) is 9.88 Å². The van der Waals surface area contributed by atoms with Crippen molar-refractivity contribution in [3.8, 4) is 0 Å². The summed E-state index contributed by atoms with van der Waals surface area (Å²) < 4.78 is 14.2. The van der Waals surface area contributed by atoms with Crippen molar-refractivity contribution in [2.75, 3.05) is 31.6 Å². The number of hydrogen-bond donors (Lipinski definition) is 1. The van der Waals surface area contributed by atoms with Crippen molar-refractivity contribution < 1.29 is 4.39 Å². The van der Waals surface area contributed by atoms with E-state index in [1.165, 1.54) is 42.3 Å². The predicted molar refractivity (Wildman–Crippen MR) is 112 cm³/mol. The fraction of sp³-hybridized carbons (Fsp3) is 0.682. The summed E-state index contributed by atoms with van der Waals surface area (Å²) in [5.41, 5.74) is 4.67. The molecule has 27 heavy (non-hydrogen) atoms. The molecule has 2 fully saturated rings. The first-order chi connectivity index (χ1) is 13.2. The molecule has 5 rings (SSSR count). The number of anilines is 1. The van der Waals surface area contributed by atoms with Crippen LogP contribution in [0.15, 0.2) is 12.1 Å². The highest BCUT2D eigenvalue weighted by Crippen LogP contribution is 2.56. The number of fused-ring (bicyclic) bond motifs is 2. The van der Waals surface area contributed by atoms with Gasteiger partial charge in [0.2, 0.25) is 0 Å². The molecule has 2 aromatic rings. The molecule has 146 valence electrons. The van der Waals surface area contributed by atoms with Gasteiger partial charge >= 0.3 is 0 Å². The second kappa shape index (κ2) is 7.00. The van der Waals surface area contributed by atoms with Crippen LogP contribution in [0.25, 0.3) is 10.2 Å². The zero-order valence-electron chi connectivity index (χ0n) is 16.3. The van der Waals surface area contributed by atoms with E-state index in [-0.39, 0.29) is 6.67 Å². The molecular weight excluding hydrogens is 357 g/mol. The molecule has 1 aromatic carbocycles. The van der Waals surface area contributed by atoms with Gasteiger partial charge in [0.05, 0.1) is 16.9 Å². The maximum Gasteiger partial charge on any atom is 0.183 e. The first-order valence-electron chi connectivity index (χ1n) is 10.7. The average Bonchev–Trinajstić information content (AvgIpc) is 3.08. The van der Waals surface area contributed by atoms with Crippen molar-refractivity contribution in [1.29, 1.82) is 0 Å². The number of benzene rings is 1. The molecule has 0 radical (unpaired) electrons. The third-order valence-electron chi connectivity index (χ3n) is 7.36. The van der Waals surface area contributed by atoms with E-state index in [4.69, 9.17) is 4.98 Å². The lowest BCUT2D eigenvalue weighted by molar-refractivity contribution is -0.0121. The van der Waals surface area contributed by atoms with E-state index < -0.39 is 0 Å². The van der Waals surface area contributed by atoms with E-state index in [0.717, 1.165) is 37.1 Å². The summed E-state index contributed by atoms with van der Waals surface area (Å²) in [6.07, 6.45) is 8.44. The number of nitrogens with one attached hydrogen (secondary N) is 1. The third kappa shape index (κ3) is 2.80. The Kier molecular flexibility index (Phi) is 4.63. The van der Waals surface area contributed by atoms with Crippen LogP contribution in [0.5, 0.6) is 0 Å². The number of hydrogen-bond acceptors (Lipinski definition) is 4. The van der Waals surface area contributed by atoms with E-state index in [1.807, 2.05) is 0 Å². The van der Waals surface area contributed by atoms with E-state index in [0.29, 0.717) is 17.9 Å². The van der Waals surface area contributed by atoms with E-state index >= 15 is 0 Å². The summed E-state index contributed by atoms with van der Waals surface area (Å²) in [6, 6.07) is 5.48. The molecular formula is C22H30FN3S. The second-order valence-corrected chi connectivity index (χ2v) is 9.67. The maximum absolute atomic E-state index is 12.8. The van der Waals surface area contributed by atoms with Crippen LogP contribution >= 0.6 is 11.3 Å². The summed E-state index contributed by atoms with van der Waals surface area (Å²) >= 11 is 1.78. The zero-order valence-corrected chi connectivity index (χ0v) is 17.1. The van der Waals surface area contributed by atoms with Crippen molar-refractivity contribution in [2.45, 2.75) is 63.3 Å². The molecule has 1 saturated heterocycles. The molecule has 3 nitrogen and oxygen atoms in total. The normalized spacial score (nSPS) is 30.1. The summed E-state index contributed by atoms with van der Waals surface area (Å²) in [6.45, 7) is 4.91. The standard InChI is InChI=1S/C22H30FN3S/c1-2-24-21-25-18-14-17-15(13-20(18)27-21)12-19-16-6-3-4-7-22(16,17)8-11-26(19)10-5-9-23/h13-14,16,19H,2-12H2,1H3,(H,24,25)/t16-,19+,22+/m0/s1. The molecule has 0 spiro atoms. The summed E-state index contributed by atoms with van der Waals surface area (Å²) in [5.74, 6) is 0.747. The SMILES string of the molecule is CCNc1nc2cc3c(cc2s1)C[C@@H]1[C@@H]2CCCC[C@]32CCN1CCCF. The van der Waals surface area contributed by atoms with Gasteiger partial charge in [-0.2, -0.15) is 0 Å². The molecule has 2 aliphatic carbocycles. The Balaban J connectivity index is 1.59. The smallest absolute Gasteiger partial charge is 0.183 e. The molecule has 2 heterocycles. The van der Waals surface area contributed by atoms with Gasteiger partial charge in [-0.05, 0) is 74.8 Å². The lowest BCUT2D eigenvalue weighted by Gasteiger charge is -2.59. The minimum atomic E-state index is -0.190. The Morgan fingerprint density at radius 2 is 2.26 bits per heavy atom. The Labute approximate surface area is 165 Å². The number of thiazole rings is 1. The number of alkyl halides is 1. The third-order valence-corrected chi connectivity index (χ3v) is 8.34. The highest BCUT2D eigenvalue weighted by Gasteiger charge is 2.53. The van der Waals surface area contributed by atoms with Crippen molar-refractivity contribution in [2.24, 2.45) is 5.92 Å². The number of piperidine rings is 1. The van der Waals surface area contributed by atoms with Gasteiger partial charge in [0, 0.05) is 24.5 Å². The lowest BCUT2D eigenvalue weighted by Crippen LogP contribution is -2.61. The monoisotopic (exact) mass is 387 g/mol. The fourth-order valence-corrected chi connectivity index (χ4v) is 7.26. The predicted octanol–water partition coefficient (Wildman–Crippen LogP) is 5.15. The Morgan fingerprint density at radius 3 is 3.11 bits per heavy atom. The van der Waals surface area contributed by atoms with Crippen LogP contribution in [0, 0.1) is 5.92 Å². The first-order valence-corrected chi connectivity index (χ1v) is 11.5. The topological polar surface area (TPSA) is 28.2 Å². The van der Waals surface area contributed by atoms with Gasteiger partial charge in [0.1, 0.15) is 0 Å². The van der Waals surface area contributed by atoms with Gasteiger partial charge in [0.15, 0.2) is 5.13 Å². The van der Waals surface area contributed by atoms with Gasteiger partial charge in [-0.15, -0.1) is 0 Å². The largest absolute Gasteiger partial charge is 0.362 e. The molecule has 1 aromatic heterocycles. The van der Waals surface area contributed by atoms with Crippen LogP contribution in [0.1, 0.15) is 56.6 Å². The number of halogens is 1. The van der Waals surface area contributed by atoms with E-state index in [1.54, 1.807) is 22.5 Å². The molecule has 1 aliphatic heterocycles. The van der Waals surface area contributed by atoms with Gasteiger partial charge in [-0.1, -0.05) is 24.2 Å². The number of rotatable bonds is 5. The molecule has 0 unspecified atom stereocenters. The van der Waals surface area contributed by atoms with Crippen LogP contribution in [-0.2, 0) is 11.8 Å². The molecule has 1 saturated carbocycles. The van der Waals surface area contributed by atoms with Crippen LogP contribution in [-0.4, -0.2) is 42.2 Å². The molecule has 5 heteroatoms. The zero-order chi connectivity index (χ0) is 18.4.